The number of thiophene rings is 1. The molecule has 1 atom stereocenters. The summed E-state index contributed by atoms with van der Waals surface area (Å²) in [5.41, 5.74) is 3.09. The van der Waals surface area contributed by atoms with Crippen molar-refractivity contribution >= 4 is 23.2 Å². The quantitative estimate of drug-likeness (QED) is 0.473. The number of carbonyl (C=O) groups is 1. The van der Waals surface area contributed by atoms with Crippen molar-refractivity contribution in [2.75, 3.05) is 0 Å². The lowest BCUT2D eigenvalue weighted by Crippen LogP contribution is -2.25. The van der Waals surface area contributed by atoms with E-state index in [0.717, 1.165) is 27.3 Å². The molecule has 2 aromatic heterocycles. The van der Waals surface area contributed by atoms with Crippen LogP contribution in [-0.2, 0) is 9.53 Å². The Kier molecular flexibility index (Phi) is 5.47. The summed E-state index contributed by atoms with van der Waals surface area (Å²) < 4.78 is 17.5. The standard InChI is InChI=1S/C24H26N2O4S/c1-13-15(3)31-22-19(13)23(28-16-10-8-7-9-11-16)25-17(12-18(27)29-24(4,5)6)21-20(22)14(2)26-30-21/h7-11,17H,12H2,1-6H3/t17-/m0/s1. The lowest BCUT2D eigenvalue weighted by atomic mass is 10.0. The maximum Gasteiger partial charge on any atom is 0.308 e. The van der Waals surface area contributed by atoms with Gasteiger partial charge < -0.3 is 14.0 Å². The zero-order chi connectivity index (χ0) is 22.3. The van der Waals surface area contributed by atoms with Crippen LogP contribution in [-0.4, -0.2) is 22.6 Å². The molecule has 6 nitrogen and oxygen atoms in total. The van der Waals surface area contributed by atoms with Crippen molar-refractivity contribution in [3.8, 4) is 16.2 Å². The Labute approximate surface area is 185 Å². The van der Waals surface area contributed by atoms with Crippen LogP contribution in [0.15, 0.2) is 39.8 Å². The van der Waals surface area contributed by atoms with Crippen molar-refractivity contribution in [2.24, 2.45) is 4.99 Å². The van der Waals surface area contributed by atoms with E-state index in [1.54, 1.807) is 11.3 Å². The van der Waals surface area contributed by atoms with Gasteiger partial charge in [0, 0.05) is 4.88 Å². The molecular weight excluding hydrogens is 412 g/mol. The molecule has 0 aliphatic carbocycles. The molecule has 0 saturated carbocycles. The van der Waals surface area contributed by atoms with Crippen molar-refractivity contribution in [3.05, 3.63) is 57.8 Å². The molecule has 0 radical (unpaired) electrons. The molecule has 3 aromatic rings. The van der Waals surface area contributed by atoms with E-state index in [9.17, 15) is 4.79 Å². The Morgan fingerprint density at radius 3 is 2.52 bits per heavy atom. The fourth-order valence-corrected chi connectivity index (χ4v) is 4.83. The predicted octanol–water partition coefficient (Wildman–Crippen LogP) is 5.94. The molecular formula is C24H26N2O4S. The number of hydrogen-bond acceptors (Lipinski definition) is 7. The van der Waals surface area contributed by atoms with Crippen molar-refractivity contribution in [1.82, 2.24) is 5.16 Å². The third kappa shape index (κ3) is 4.28. The number of fused-ring (bicyclic) bond motifs is 3. The second-order valence-corrected chi connectivity index (χ2v) is 9.88. The van der Waals surface area contributed by atoms with E-state index in [-0.39, 0.29) is 12.4 Å². The van der Waals surface area contributed by atoms with E-state index >= 15 is 0 Å². The summed E-state index contributed by atoms with van der Waals surface area (Å²) in [5, 5.41) is 4.19. The molecule has 0 N–H and O–H groups in total. The maximum absolute atomic E-state index is 12.7. The van der Waals surface area contributed by atoms with E-state index in [1.807, 2.05) is 58.0 Å². The molecule has 7 heteroatoms. The largest absolute Gasteiger partial charge is 0.460 e. The number of ether oxygens (including phenoxy) is 2. The molecule has 0 amide bonds. The number of benzene rings is 1. The Bertz CT molecular complexity index is 1150. The van der Waals surface area contributed by atoms with Gasteiger partial charge in [-0.15, -0.1) is 11.3 Å². The monoisotopic (exact) mass is 438 g/mol. The van der Waals surface area contributed by atoms with Gasteiger partial charge in [0.15, 0.2) is 5.76 Å². The average Bonchev–Trinajstić information content (AvgIpc) is 3.15. The number of aliphatic imine (C=N–C) groups is 1. The van der Waals surface area contributed by atoms with Gasteiger partial charge in [-0.25, -0.2) is 4.99 Å². The van der Waals surface area contributed by atoms with Crippen LogP contribution >= 0.6 is 11.3 Å². The summed E-state index contributed by atoms with van der Waals surface area (Å²) in [6.07, 6.45) is 0.0352. The van der Waals surface area contributed by atoms with Gasteiger partial charge in [0.25, 0.3) is 0 Å². The summed E-state index contributed by atoms with van der Waals surface area (Å²) >= 11 is 1.66. The minimum atomic E-state index is -0.593. The highest BCUT2D eigenvalue weighted by Crippen LogP contribution is 2.45. The third-order valence-electron chi connectivity index (χ3n) is 5.03. The van der Waals surface area contributed by atoms with Crippen LogP contribution in [0.3, 0.4) is 0 Å². The number of hydrogen-bond donors (Lipinski definition) is 0. The Morgan fingerprint density at radius 1 is 1.13 bits per heavy atom. The van der Waals surface area contributed by atoms with Crippen LogP contribution in [0.2, 0.25) is 0 Å². The molecule has 0 bridgehead atoms. The van der Waals surface area contributed by atoms with Crippen LogP contribution < -0.4 is 4.74 Å². The van der Waals surface area contributed by atoms with Crippen LogP contribution in [0.25, 0.3) is 10.4 Å². The zero-order valence-electron chi connectivity index (χ0n) is 18.6. The predicted molar refractivity (Wildman–Crippen MR) is 121 cm³/mol. The van der Waals surface area contributed by atoms with E-state index in [1.165, 1.54) is 4.88 Å². The van der Waals surface area contributed by atoms with Crippen molar-refractivity contribution in [2.45, 2.75) is 59.6 Å². The zero-order valence-corrected chi connectivity index (χ0v) is 19.4. The van der Waals surface area contributed by atoms with Crippen LogP contribution in [0.5, 0.6) is 5.75 Å². The highest BCUT2D eigenvalue weighted by atomic mass is 32.1. The van der Waals surface area contributed by atoms with Crippen molar-refractivity contribution < 1.29 is 18.8 Å². The first kappa shape index (κ1) is 21.3. The number of carbonyl (C=O) groups excluding carboxylic acids is 1. The van der Waals surface area contributed by atoms with Crippen molar-refractivity contribution in [3.63, 3.8) is 0 Å². The van der Waals surface area contributed by atoms with Crippen molar-refractivity contribution in [1.29, 1.82) is 0 Å². The summed E-state index contributed by atoms with van der Waals surface area (Å²) in [6, 6.07) is 8.93. The lowest BCUT2D eigenvalue weighted by Gasteiger charge is -2.20. The summed E-state index contributed by atoms with van der Waals surface area (Å²) in [7, 11) is 0. The molecule has 1 aliphatic heterocycles. The molecule has 4 rings (SSSR count). The Hall–Kier alpha value is -2.93. The average molecular weight is 439 g/mol. The molecule has 0 unspecified atom stereocenters. The highest BCUT2D eigenvalue weighted by Gasteiger charge is 2.35. The molecule has 1 aromatic carbocycles. The van der Waals surface area contributed by atoms with E-state index in [2.05, 4.69) is 19.0 Å². The first-order chi connectivity index (χ1) is 14.6. The van der Waals surface area contributed by atoms with Gasteiger partial charge >= 0.3 is 5.97 Å². The molecule has 162 valence electrons. The smallest absolute Gasteiger partial charge is 0.308 e. The maximum atomic E-state index is 12.7. The summed E-state index contributed by atoms with van der Waals surface area (Å²) in [4.78, 5) is 19.7. The minimum absolute atomic E-state index is 0.0352. The van der Waals surface area contributed by atoms with Gasteiger partial charge in [0.05, 0.1) is 28.1 Å². The van der Waals surface area contributed by atoms with E-state index < -0.39 is 11.6 Å². The second-order valence-electron chi connectivity index (χ2n) is 8.65. The Balaban J connectivity index is 1.84. The second kappa shape index (κ2) is 7.96. The highest BCUT2D eigenvalue weighted by molar-refractivity contribution is 7.16. The first-order valence-electron chi connectivity index (χ1n) is 10.2. The minimum Gasteiger partial charge on any atom is -0.460 e. The van der Waals surface area contributed by atoms with E-state index in [0.29, 0.717) is 17.4 Å². The van der Waals surface area contributed by atoms with Crippen LogP contribution in [0.1, 0.15) is 60.7 Å². The normalized spacial score (nSPS) is 15.5. The number of esters is 1. The van der Waals surface area contributed by atoms with Gasteiger partial charge in [0.2, 0.25) is 5.90 Å². The molecule has 0 fully saturated rings. The molecule has 0 saturated heterocycles. The number of nitrogens with zero attached hydrogens (tertiary/aromatic N) is 2. The Morgan fingerprint density at radius 2 is 1.84 bits per heavy atom. The fraction of sp³-hybridized carbons (Fsp3) is 0.375. The third-order valence-corrected chi connectivity index (χ3v) is 6.25. The number of aryl methyl sites for hydroxylation is 2. The number of aromatic nitrogens is 1. The summed E-state index contributed by atoms with van der Waals surface area (Å²) in [5.74, 6) is 1.37. The molecule has 31 heavy (non-hydrogen) atoms. The molecule has 0 spiro atoms. The topological polar surface area (TPSA) is 73.9 Å². The summed E-state index contributed by atoms with van der Waals surface area (Å²) in [6.45, 7) is 11.6. The van der Waals surface area contributed by atoms with Gasteiger partial charge in [-0.05, 0) is 59.2 Å². The molecule has 3 heterocycles. The van der Waals surface area contributed by atoms with Gasteiger partial charge in [0.1, 0.15) is 17.4 Å². The number of para-hydroxylation sites is 1. The van der Waals surface area contributed by atoms with Crippen LogP contribution in [0.4, 0.5) is 0 Å². The SMILES string of the molecule is Cc1noc2c1-c1sc(C)c(C)c1C(Oc1ccccc1)=N[C@H]2CC(=O)OC(C)(C)C. The van der Waals surface area contributed by atoms with Crippen LogP contribution in [0, 0.1) is 20.8 Å². The molecule has 1 aliphatic rings. The van der Waals surface area contributed by atoms with E-state index in [4.69, 9.17) is 19.0 Å². The lowest BCUT2D eigenvalue weighted by molar-refractivity contribution is -0.155. The van der Waals surface area contributed by atoms with Gasteiger partial charge in [-0.3, -0.25) is 4.79 Å². The van der Waals surface area contributed by atoms with Gasteiger partial charge in [-0.1, -0.05) is 23.4 Å². The number of rotatable bonds is 3. The van der Waals surface area contributed by atoms with Gasteiger partial charge in [-0.2, -0.15) is 0 Å². The first-order valence-corrected chi connectivity index (χ1v) is 11.0. The fourth-order valence-electron chi connectivity index (χ4n) is 3.57.